The van der Waals surface area contributed by atoms with Crippen molar-refractivity contribution in [2.45, 2.75) is 39.3 Å². The largest absolute Gasteiger partial charge is 0.462 e. The third-order valence-electron chi connectivity index (χ3n) is 4.91. The zero-order valence-electron chi connectivity index (χ0n) is 15.3. The number of hydrogen-bond acceptors (Lipinski definition) is 7. The summed E-state index contributed by atoms with van der Waals surface area (Å²) in [6.07, 6.45) is 2.20. The second-order valence-corrected chi connectivity index (χ2v) is 7.41. The Bertz CT molecular complexity index is 1020. The minimum atomic E-state index is -0.564. The van der Waals surface area contributed by atoms with Crippen molar-refractivity contribution >= 4 is 28.4 Å². The quantitative estimate of drug-likeness (QED) is 0.675. The molecular formula is C19H21N3O4S. The molecule has 4 heterocycles. The number of carbonyl (C=O) groups is 1. The number of furan rings is 1. The van der Waals surface area contributed by atoms with Gasteiger partial charge in [0.15, 0.2) is 0 Å². The molecule has 0 saturated carbocycles. The van der Waals surface area contributed by atoms with Crippen molar-refractivity contribution in [2.24, 2.45) is 0 Å². The Balaban J connectivity index is 1.66. The second kappa shape index (κ2) is 7.28. The predicted octanol–water partition coefficient (Wildman–Crippen LogP) is 3.40. The highest BCUT2D eigenvalue weighted by molar-refractivity contribution is 7.07. The summed E-state index contributed by atoms with van der Waals surface area (Å²) in [5.74, 6) is 0.320. The van der Waals surface area contributed by atoms with Crippen LogP contribution < -0.4 is 5.56 Å². The van der Waals surface area contributed by atoms with Crippen LogP contribution in [0, 0.1) is 6.92 Å². The highest BCUT2D eigenvalue weighted by Crippen LogP contribution is 2.34. The minimum Gasteiger partial charge on any atom is -0.462 e. The van der Waals surface area contributed by atoms with Gasteiger partial charge in [0.25, 0.3) is 5.56 Å². The molecule has 1 aliphatic heterocycles. The monoisotopic (exact) mass is 387 g/mol. The van der Waals surface area contributed by atoms with E-state index < -0.39 is 5.97 Å². The predicted molar refractivity (Wildman–Crippen MR) is 102 cm³/mol. The Labute approximate surface area is 160 Å². The van der Waals surface area contributed by atoms with Crippen molar-refractivity contribution in [3.8, 4) is 0 Å². The highest BCUT2D eigenvalue weighted by Gasteiger charge is 2.28. The third kappa shape index (κ3) is 3.30. The molecule has 3 aromatic heterocycles. The number of nitrogens with zero attached hydrogens (tertiary/aromatic N) is 2. The van der Waals surface area contributed by atoms with E-state index in [1.807, 2.05) is 0 Å². The maximum absolute atomic E-state index is 12.6. The third-order valence-corrected chi connectivity index (χ3v) is 5.61. The Morgan fingerprint density at radius 3 is 3.11 bits per heavy atom. The number of rotatable bonds is 5. The Kier molecular flexibility index (Phi) is 4.84. The van der Waals surface area contributed by atoms with Crippen LogP contribution in [0.2, 0.25) is 0 Å². The van der Waals surface area contributed by atoms with Crippen LogP contribution in [0.3, 0.4) is 0 Å². The summed E-state index contributed by atoms with van der Waals surface area (Å²) in [5.41, 5.74) is 1.27. The molecule has 0 unspecified atom stereocenters. The van der Waals surface area contributed by atoms with Crippen molar-refractivity contribution in [2.75, 3.05) is 13.2 Å². The lowest BCUT2D eigenvalue weighted by Gasteiger charge is -2.23. The van der Waals surface area contributed by atoms with Crippen LogP contribution in [0.5, 0.6) is 0 Å². The number of fused-ring (bicyclic) bond motifs is 1. The van der Waals surface area contributed by atoms with E-state index in [-0.39, 0.29) is 28.8 Å². The summed E-state index contributed by atoms with van der Waals surface area (Å²) in [6.45, 7) is 5.07. The first kappa shape index (κ1) is 17.9. The molecule has 0 radical (unpaired) electrons. The first-order valence-electron chi connectivity index (χ1n) is 9.04. The normalized spacial score (nSPS) is 17.6. The van der Waals surface area contributed by atoms with Gasteiger partial charge in [0, 0.05) is 6.04 Å². The summed E-state index contributed by atoms with van der Waals surface area (Å²) in [4.78, 5) is 34.4. The number of aromatic amines is 1. The van der Waals surface area contributed by atoms with Crippen LogP contribution in [0.15, 0.2) is 26.0 Å². The van der Waals surface area contributed by atoms with Gasteiger partial charge in [-0.1, -0.05) is 0 Å². The van der Waals surface area contributed by atoms with Gasteiger partial charge in [-0.15, -0.1) is 0 Å². The fourth-order valence-electron chi connectivity index (χ4n) is 3.74. The van der Waals surface area contributed by atoms with Crippen LogP contribution in [-0.4, -0.2) is 34.0 Å². The molecule has 142 valence electrons. The first-order valence-corrected chi connectivity index (χ1v) is 9.98. The summed E-state index contributed by atoms with van der Waals surface area (Å²) in [5, 5.41) is 4.41. The lowest BCUT2D eigenvalue weighted by molar-refractivity contribution is 0.0526. The van der Waals surface area contributed by atoms with E-state index in [4.69, 9.17) is 9.15 Å². The molecule has 3 aromatic rings. The number of esters is 1. The summed E-state index contributed by atoms with van der Waals surface area (Å²) < 4.78 is 10.6. The maximum atomic E-state index is 12.6. The van der Waals surface area contributed by atoms with Gasteiger partial charge >= 0.3 is 5.97 Å². The highest BCUT2D eigenvalue weighted by atomic mass is 32.1. The van der Waals surface area contributed by atoms with Gasteiger partial charge in [-0.05, 0) is 55.6 Å². The molecule has 1 atom stereocenters. The molecule has 0 bridgehead atoms. The number of aromatic nitrogens is 2. The van der Waals surface area contributed by atoms with Gasteiger partial charge in [-0.25, -0.2) is 4.79 Å². The average Bonchev–Trinajstić information content (AvgIpc) is 3.34. The molecule has 0 aliphatic carbocycles. The van der Waals surface area contributed by atoms with Gasteiger partial charge in [-0.3, -0.25) is 9.69 Å². The Hall–Kier alpha value is -2.45. The summed E-state index contributed by atoms with van der Waals surface area (Å²) in [7, 11) is 0. The van der Waals surface area contributed by atoms with Crippen molar-refractivity contribution < 1.29 is 13.9 Å². The lowest BCUT2D eigenvalue weighted by atomic mass is 10.1. The molecule has 1 aliphatic rings. The van der Waals surface area contributed by atoms with E-state index in [1.165, 1.54) is 5.56 Å². The number of thiophene rings is 1. The molecule has 8 heteroatoms. The number of nitrogens with one attached hydrogen (secondary N) is 1. The molecule has 0 amide bonds. The van der Waals surface area contributed by atoms with Gasteiger partial charge in [0.05, 0.1) is 13.2 Å². The fraction of sp³-hybridized carbons (Fsp3) is 0.421. The minimum absolute atomic E-state index is 0.157. The van der Waals surface area contributed by atoms with E-state index in [2.05, 4.69) is 31.7 Å². The molecule has 1 saturated heterocycles. The number of ether oxygens (including phenoxy) is 1. The van der Waals surface area contributed by atoms with Gasteiger partial charge in [-0.2, -0.15) is 16.3 Å². The van der Waals surface area contributed by atoms with Crippen LogP contribution in [0.25, 0.3) is 11.1 Å². The molecule has 4 rings (SSSR count). The average molecular weight is 387 g/mol. The number of likely N-dealkylation sites (tertiary alicyclic amines) is 1. The van der Waals surface area contributed by atoms with Crippen LogP contribution in [0.4, 0.5) is 0 Å². The van der Waals surface area contributed by atoms with Gasteiger partial charge in [0.2, 0.25) is 5.71 Å². The van der Waals surface area contributed by atoms with E-state index in [9.17, 15) is 9.59 Å². The number of carbonyl (C=O) groups excluding carboxylic acids is 1. The first-order chi connectivity index (χ1) is 13.1. The number of aryl methyl sites for hydroxylation is 1. The van der Waals surface area contributed by atoms with Gasteiger partial charge < -0.3 is 14.1 Å². The molecule has 0 spiro atoms. The lowest BCUT2D eigenvalue weighted by Crippen LogP contribution is -2.25. The molecule has 7 nitrogen and oxygen atoms in total. The van der Waals surface area contributed by atoms with Crippen molar-refractivity contribution in [3.05, 3.63) is 49.9 Å². The molecule has 1 N–H and O–H groups in total. The molecular weight excluding hydrogens is 366 g/mol. The smallest absolute Gasteiger partial charge is 0.342 e. The van der Waals surface area contributed by atoms with Crippen LogP contribution in [-0.2, 0) is 11.3 Å². The Morgan fingerprint density at radius 2 is 2.37 bits per heavy atom. The van der Waals surface area contributed by atoms with Gasteiger partial charge in [0.1, 0.15) is 22.5 Å². The topological polar surface area (TPSA) is 88.4 Å². The number of hydrogen-bond donors (Lipinski definition) is 1. The second-order valence-electron chi connectivity index (χ2n) is 6.63. The summed E-state index contributed by atoms with van der Waals surface area (Å²) >= 11 is 1.69. The Morgan fingerprint density at radius 1 is 1.52 bits per heavy atom. The molecule has 1 fully saturated rings. The van der Waals surface area contributed by atoms with E-state index >= 15 is 0 Å². The molecule has 0 aromatic carbocycles. The van der Waals surface area contributed by atoms with E-state index in [0.29, 0.717) is 24.2 Å². The zero-order chi connectivity index (χ0) is 19.0. The number of H-pyrrole nitrogens is 1. The van der Waals surface area contributed by atoms with Crippen LogP contribution in [0.1, 0.15) is 53.3 Å². The maximum Gasteiger partial charge on any atom is 0.342 e. The molecule has 27 heavy (non-hydrogen) atoms. The van der Waals surface area contributed by atoms with Crippen molar-refractivity contribution in [3.63, 3.8) is 0 Å². The van der Waals surface area contributed by atoms with E-state index in [0.717, 1.165) is 19.4 Å². The van der Waals surface area contributed by atoms with Crippen molar-refractivity contribution in [1.82, 2.24) is 14.9 Å². The fourth-order valence-corrected chi connectivity index (χ4v) is 4.44. The van der Waals surface area contributed by atoms with Crippen molar-refractivity contribution in [1.29, 1.82) is 0 Å². The summed E-state index contributed by atoms with van der Waals surface area (Å²) in [6, 6.07) is 2.49. The standard InChI is InChI=1S/C19H21N3O4S/c1-3-25-19(24)15-11(2)26-18-16(15)17(23)20-14(21-18)9-22-7-4-5-13(22)12-6-8-27-10-12/h6,8,10,13H,3-5,7,9H2,1-2H3,(H,20,21,23)/t13-/m0/s1. The van der Waals surface area contributed by atoms with E-state index in [1.54, 1.807) is 25.2 Å². The van der Waals surface area contributed by atoms with Crippen LogP contribution >= 0.6 is 11.3 Å². The SMILES string of the molecule is CCOC(=O)c1c(C)oc2nc(CN3CCC[C@H]3c3ccsc3)[nH]c(=O)c12. The zero-order valence-corrected chi connectivity index (χ0v) is 16.1.